The highest BCUT2D eigenvalue weighted by Gasteiger charge is 2.27. The molecule has 102 valence electrons. The van der Waals surface area contributed by atoms with Crippen LogP contribution in [0.3, 0.4) is 0 Å². The fourth-order valence-corrected chi connectivity index (χ4v) is 2.84. The molecule has 0 spiro atoms. The second-order valence-electron chi connectivity index (χ2n) is 5.47. The lowest BCUT2D eigenvalue weighted by Crippen LogP contribution is -2.47. The van der Waals surface area contributed by atoms with E-state index >= 15 is 0 Å². The molecule has 19 heavy (non-hydrogen) atoms. The van der Waals surface area contributed by atoms with Gasteiger partial charge in [-0.1, -0.05) is 12.2 Å². The maximum absolute atomic E-state index is 5.75. The van der Waals surface area contributed by atoms with E-state index in [1.165, 1.54) is 19.4 Å². The van der Waals surface area contributed by atoms with Crippen molar-refractivity contribution >= 4 is 22.9 Å². The SMILES string of the molecule is NC(=S)c1ncccc1N1CCN(CC2CC2)CC1. The van der Waals surface area contributed by atoms with Gasteiger partial charge in [-0.3, -0.25) is 9.88 Å². The van der Waals surface area contributed by atoms with Crippen molar-refractivity contribution in [3.63, 3.8) is 0 Å². The normalized spacial score (nSPS) is 20.5. The second-order valence-corrected chi connectivity index (χ2v) is 5.91. The predicted molar refractivity (Wildman–Crippen MR) is 81.5 cm³/mol. The summed E-state index contributed by atoms with van der Waals surface area (Å²) in [5, 5.41) is 0. The monoisotopic (exact) mass is 276 g/mol. The van der Waals surface area contributed by atoms with Crippen LogP contribution in [0.2, 0.25) is 0 Å². The molecular formula is C14H20N4S. The Bertz CT molecular complexity index is 464. The number of aromatic nitrogens is 1. The number of thiocarbonyl (C=S) groups is 1. The number of rotatable bonds is 4. The Morgan fingerprint density at radius 2 is 2.05 bits per heavy atom. The zero-order valence-corrected chi connectivity index (χ0v) is 11.9. The third kappa shape index (κ3) is 3.04. The van der Waals surface area contributed by atoms with Crippen LogP contribution in [-0.4, -0.2) is 47.6 Å². The number of hydrogen-bond acceptors (Lipinski definition) is 4. The minimum Gasteiger partial charge on any atom is -0.388 e. The Labute approximate surface area is 119 Å². The lowest BCUT2D eigenvalue weighted by molar-refractivity contribution is 0.248. The number of piperazine rings is 1. The van der Waals surface area contributed by atoms with Crippen molar-refractivity contribution in [3.8, 4) is 0 Å². The summed E-state index contributed by atoms with van der Waals surface area (Å²) in [5.74, 6) is 0.970. The zero-order valence-electron chi connectivity index (χ0n) is 11.1. The first kappa shape index (κ1) is 12.8. The molecular weight excluding hydrogens is 256 g/mol. The molecule has 2 heterocycles. The van der Waals surface area contributed by atoms with E-state index in [1.54, 1.807) is 6.20 Å². The molecule has 1 aromatic rings. The average Bonchev–Trinajstić information content (AvgIpc) is 3.23. The topological polar surface area (TPSA) is 45.4 Å². The molecule has 2 aliphatic rings. The van der Waals surface area contributed by atoms with Gasteiger partial charge in [0.05, 0.1) is 5.69 Å². The smallest absolute Gasteiger partial charge is 0.124 e. The third-order valence-electron chi connectivity index (χ3n) is 3.95. The van der Waals surface area contributed by atoms with Gasteiger partial charge in [0.2, 0.25) is 0 Å². The number of nitrogens with two attached hydrogens (primary N) is 1. The highest BCUT2D eigenvalue weighted by molar-refractivity contribution is 7.80. The third-order valence-corrected chi connectivity index (χ3v) is 4.14. The van der Waals surface area contributed by atoms with Crippen molar-refractivity contribution in [1.82, 2.24) is 9.88 Å². The molecule has 0 radical (unpaired) electrons. The van der Waals surface area contributed by atoms with Gasteiger partial charge < -0.3 is 10.6 Å². The van der Waals surface area contributed by atoms with Crippen molar-refractivity contribution < 1.29 is 0 Å². The molecule has 0 unspecified atom stereocenters. The fraction of sp³-hybridized carbons (Fsp3) is 0.571. The van der Waals surface area contributed by atoms with E-state index in [9.17, 15) is 0 Å². The number of nitrogens with zero attached hydrogens (tertiary/aromatic N) is 3. The summed E-state index contributed by atoms with van der Waals surface area (Å²) < 4.78 is 0. The summed E-state index contributed by atoms with van der Waals surface area (Å²) in [7, 11) is 0. The van der Waals surface area contributed by atoms with Crippen LogP contribution in [0, 0.1) is 5.92 Å². The highest BCUT2D eigenvalue weighted by atomic mass is 32.1. The Kier molecular flexibility index (Phi) is 3.66. The molecule has 1 saturated carbocycles. The largest absolute Gasteiger partial charge is 0.388 e. The summed E-state index contributed by atoms with van der Waals surface area (Å²) in [6.45, 7) is 5.61. The van der Waals surface area contributed by atoms with Crippen molar-refractivity contribution in [3.05, 3.63) is 24.0 Å². The Morgan fingerprint density at radius 1 is 1.32 bits per heavy atom. The van der Waals surface area contributed by atoms with E-state index < -0.39 is 0 Å². The molecule has 0 atom stereocenters. The molecule has 5 heteroatoms. The highest BCUT2D eigenvalue weighted by Crippen LogP contribution is 2.30. The van der Waals surface area contributed by atoms with Crippen LogP contribution in [0.15, 0.2) is 18.3 Å². The summed E-state index contributed by atoms with van der Waals surface area (Å²) in [6.07, 6.45) is 4.60. The standard InChI is InChI=1S/C14H20N4S/c15-14(19)13-12(2-1-5-16-13)18-8-6-17(7-9-18)10-11-3-4-11/h1-2,5,11H,3-4,6-10H2,(H2,15,19). The van der Waals surface area contributed by atoms with Crippen molar-refractivity contribution in [2.45, 2.75) is 12.8 Å². The van der Waals surface area contributed by atoms with E-state index in [4.69, 9.17) is 18.0 Å². The predicted octanol–water partition coefficient (Wildman–Crippen LogP) is 1.25. The lowest BCUT2D eigenvalue weighted by atomic mass is 10.2. The average molecular weight is 276 g/mol. The number of pyridine rings is 1. The molecule has 1 aromatic heterocycles. The Balaban J connectivity index is 1.65. The van der Waals surface area contributed by atoms with Crippen molar-refractivity contribution in [2.75, 3.05) is 37.6 Å². The summed E-state index contributed by atoms with van der Waals surface area (Å²) in [5.41, 5.74) is 7.60. The van der Waals surface area contributed by atoms with Crippen LogP contribution < -0.4 is 10.6 Å². The molecule has 4 nitrogen and oxygen atoms in total. The maximum Gasteiger partial charge on any atom is 0.124 e. The molecule has 2 fully saturated rings. The molecule has 0 aromatic carbocycles. The van der Waals surface area contributed by atoms with Gasteiger partial charge in [-0.25, -0.2) is 0 Å². The van der Waals surface area contributed by atoms with E-state index in [0.29, 0.717) is 4.99 Å². The summed E-state index contributed by atoms with van der Waals surface area (Å²) in [6, 6.07) is 4.02. The van der Waals surface area contributed by atoms with Crippen LogP contribution >= 0.6 is 12.2 Å². The van der Waals surface area contributed by atoms with Gasteiger partial charge >= 0.3 is 0 Å². The van der Waals surface area contributed by atoms with Gasteiger partial charge in [-0.05, 0) is 30.9 Å². The van der Waals surface area contributed by atoms with Crippen LogP contribution in [0.4, 0.5) is 5.69 Å². The first-order valence-electron chi connectivity index (χ1n) is 6.96. The van der Waals surface area contributed by atoms with Gasteiger partial charge in [0, 0.05) is 38.9 Å². The first-order valence-corrected chi connectivity index (χ1v) is 7.37. The van der Waals surface area contributed by atoms with Gasteiger partial charge in [-0.2, -0.15) is 0 Å². The fourth-order valence-electron chi connectivity index (χ4n) is 2.68. The van der Waals surface area contributed by atoms with Gasteiger partial charge in [0.1, 0.15) is 10.7 Å². The Morgan fingerprint density at radius 3 is 2.68 bits per heavy atom. The molecule has 1 saturated heterocycles. The molecule has 0 amide bonds. The van der Waals surface area contributed by atoms with Crippen LogP contribution in [-0.2, 0) is 0 Å². The van der Waals surface area contributed by atoms with Crippen LogP contribution in [0.25, 0.3) is 0 Å². The van der Waals surface area contributed by atoms with Crippen molar-refractivity contribution in [1.29, 1.82) is 0 Å². The lowest BCUT2D eigenvalue weighted by Gasteiger charge is -2.36. The van der Waals surface area contributed by atoms with Gasteiger partial charge in [0.15, 0.2) is 0 Å². The second kappa shape index (κ2) is 5.43. The maximum atomic E-state index is 5.75. The van der Waals surface area contributed by atoms with E-state index in [2.05, 4.69) is 20.9 Å². The van der Waals surface area contributed by atoms with Crippen molar-refractivity contribution in [2.24, 2.45) is 11.7 Å². The molecule has 2 N–H and O–H groups in total. The Hall–Kier alpha value is -1.20. The molecule has 0 bridgehead atoms. The minimum atomic E-state index is 0.385. The van der Waals surface area contributed by atoms with Gasteiger partial charge in [0.25, 0.3) is 0 Å². The van der Waals surface area contributed by atoms with Crippen LogP contribution in [0.5, 0.6) is 0 Å². The quantitative estimate of drug-likeness (QED) is 0.839. The van der Waals surface area contributed by atoms with E-state index in [-0.39, 0.29) is 0 Å². The zero-order chi connectivity index (χ0) is 13.2. The summed E-state index contributed by atoms with van der Waals surface area (Å²) >= 11 is 5.09. The number of anilines is 1. The van der Waals surface area contributed by atoms with E-state index in [1.807, 2.05) is 6.07 Å². The molecule has 3 rings (SSSR count). The van der Waals surface area contributed by atoms with Gasteiger partial charge in [-0.15, -0.1) is 0 Å². The van der Waals surface area contributed by atoms with Crippen LogP contribution in [0.1, 0.15) is 18.5 Å². The van der Waals surface area contributed by atoms with E-state index in [0.717, 1.165) is 43.5 Å². The minimum absolute atomic E-state index is 0.385. The molecule has 1 aliphatic carbocycles. The molecule has 1 aliphatic heterocycles. The summed E-state index contributed by atoms with van der Waals surface area (Å²) in [4.78, 5) is 9.62. The number of hydrogen-bond donors (Lipinski definition) is 1. The first-order chi connectivity index (χ1) is 9.24.